The Labute approximate surface area is 124 Å². The minimum absolute atomic E-state index is 0.0704. The first kappa shape index (κ1) is 13.8. The topological polar surface area (TPSA) is 70.7 Å². The number of amides is 1. The number of nitrogens with one attached hydrogen (secondary N) is 2. The van der Waals surface area contributed by atoms with E-state index in [-0.39, 0.29) is 11.9 Å². The summed E-state index contributed by atoms with van der Waals surface area (Å²) in [6.07, 6.45) is 2.25. The summed E-state index contributed by atoms with van der Waals surface area (Å²) in [5.74, 6) is 0.377. The van der Waals surface area contributed by atoms with E-state index < -0.39 is 0 Å². The van der Waals surface area contributed by atoms with Crippen molar-refractivity contribution < 1.29 is 4.79 Å². The number of pyridine rings is 1. The highest BCUT2D eigenvalue weighted by molar-refractivity contribution is 5.96. The van der Waals surface area contributed by atoms with Gasteiger partial charge < -0.3 is 5.32 Å². The zero-order valence-electron chi connectivity index (χ0n) is 12.6. The van der Waals surface area contributed by atoms with E-state index in [0.29, 0.717) is 11.5 Å². The van der Waals surface area contributed by atoms with Crippen molar-refractivity contribution in [1.82, 2.24) is 20.5 Å². The molecule has 0 saturated heterocycles. The summed E-state index contributed by atoms with van der Waals surface area (Å²) >= 11 is 0. The van der Waals surface area contributed by atoms with Crippen molar-refractivity contribution in [2.45, 2.75) is 45.6 Å². The number of H-pyrrole nitrogens is 1. The summed E-state index contributed by atoms with van der Waals surface area (Å²) in [7, 11) is 0. The standard InChI is InChI=1S/C16H20N4O/c1-9-5-4-6-13(17-9)10(2)18-16(21)14-11(3)19-20-15(14)12-7-8-12/h4-6,10,12H,7-8H2,1-3H3,(H,18,21)(H,19,20)/t10-/m1/s1. The molecular formula is C16H20N4O. The lowest BCUT2D eigenvalue weighted by Crippen LogP contribution is -2.28. The third kappa shape index (κ3) is 2.82. The molecule has 2 N–H and O–H groups in total. The molecule has 1 aliphatic rings. The van der Waals surface area contributed by atoms with Crippen LogP contribution in [0, 0.1) is 13.8 Å². The molecule has 110 valence electrons. The van der Waals surface area contributed by atoms with Crippen molar-refractivity contribution in [2.24, 2.45) is 0 Å². The molecule has 0 radical (unpaired) electrons. The second-order valence-electron chi connectivity index (χ2n) is 5.78. The first-order chi connectivity index (χ1) is 10.1. The smallest absolute Gasteiger partial charge is 0.255 e. The fourth-order valence-corrected chi connectivity index (χ4v) is 2.53. The highest BCUT2D eigenvalue weighted by Crippen LogP contribution is 2.41. The lowest BCUT2D eigenvalue weighted by Gasteiger charge is -2.14. The fraction of sp³-hybridized carbons (Fsp3) is 0.438. The summed E-state index contributed by atoms with van der Waals surface area (Å²) in [6.45, 7) is 5.79. The molecular weight excluding hydrogens is 264 g/mol. The summed E-state index contributed by atoms with van der Waals surface area (Å²) in [5, 5.41) is 10.3. The van der Waals surface area contributed by atoms with Crippen molar-refractivity contribution in [2.75, 3.05) is 0 Å². The quantitative estimate of drug-likeness (QED) is 0.907. The van der Waals surface area contributed by atoms with Crippen molar-refractivity contribution in [1.29, 1.82) is 0 Å². The van der Waals surface area contributed by atoms with E-state index >= 15 is 0 Å². The number of aromatic nitrogens is 3. The molecule has 2 aromatic rings. The number of carbonyl (C=O) groups excluding carboxylic acids is 1. The van der Waals surface area contributed by atoms with E-state index in [4.69, 9.17) is 0 Å². The van der Waals surface area contributed by atoms with Gasteiger partial charge in [-0.1, -0.05) is 6.07 Å². The summed E-state index contributed by atoms with van der Waals surface area (Å²) < 4.78 is 0. The number of carbonyl (C=O) groups is 1. The summed E-state index contributed by atoms with van der Waals surface area (Å²) in [5.41, 5.74) is 4.27. The van der Waals surface area contributed by atoms with Crippen LogP contribution < -0.4 is 5.32 Å². The first-order valence-corrected chi connectivity index (χ1v) is 7.35. The van der Waals surface area contributed by atoms with Gasteiger partial charge in [0.05, 0.1) is 23.0 Å². The molecule has 3 rings (SSSR count). The molecule has 1 amide bonds. The van der Waals surface area contributed by atoms with Gasteiger partial charge in [0.1, 0.15) is 0 Å². The number of aromatic amines is 1. The maximum absolute atomic E-state index is 12.5. The van der Waals surface area contributed by atoms with Gasteiger partial charge in [0.15, 0.2) is 0 Å². The number of nitrogens with zero attached hydrogens (tertiary/aromatic N) is 2. The van der Waals surface area contributed by atoms with Crippen molar-refractivity contribution in [3.05, 3.63) is 46.5 Å². The molecule has 5 nitrogen and oxygen atoms in total. The van der Waals surface area contributed by atoms with Crippen LogP contribution in [0.4, 0.5) is 0 Å². The Morgan fingerprint density at radius 1 is 1.38 bits per heavy atom. The van der Waals surface area contributed by atoms with Gasteiger partial charge in [0.25, 0.3) is 5.91 Å². The van der Waals surface area contributed by atoms with E-state index in [1.54, 1.807) is 0 Å². The third-order valence-electron chi connectivity index (χ3n) is 3.87. The van der Waals surface area contributed by atoms with Crippen LogP contribution in [0.1, 0.15) is 64.9 Å². The number of rotatable bonds is 4. The Bertz CT molecular complexity index is 673. The van der Waals surface area contributed by atoms with Gasteiger partial charge in [-0.15, -0.1) is 0 Å². The van der Waals surface area contributed by atoms with Crippen molar-refractivity contribution >= 4 is 5.91 Å². The molecule has 1 saturated carbocycles. The van der Waals surface area contributed by atoms with Gasteiger partial charge in [0.2, 0.25) is 0 Å². The summed E-state index contributed by atoms with van der Waals surface area (Å²) in [6, 6.07) is 5.71. The zero-order valence-corrected chi connectivity index (χ0v) is 12.6. The van der Waals surface area contributed by atoms with Gasteiger partial charge >= 0.3 is 0 Å². The Hall–Kier alpha value is -2.17. The SMILES string of the molecule is Cc1cccc([C@@H](C)NC(=O)c2c(C3CC3)n[nH]c2C)n1. The average Bonchev–Trinajstić information content (AvgIpc) is 3.21. The molecule has 0 aromatic carbocycles. The Morgan fingerprint density at radius 2 is 2.14 bits per heavy atom. The fourth-order valence-electron chi connectivity index (χ4n) is 2.53. The van der Waals surface area contributed by atoms with E-state index in [2.05, 4.69) is 20.5 Å². The second kappa shape index (κ2) is 5.31. The lowest BCUT2D eigenvalue weighted by atomic mass is 10.1. The Morgan fingerprint density at radius 3 is 2.81 bits per heavy atom. The third-order valence-corrected chi connectivity index (χ3v) is 3.87. The van der Waals surface area contributed by atoms with Crippen LogP contribution in [0.5, 0.6) is 0 Å². The molecule has 1 fully saturated rings. The number of hydrogen-bond donors (Lipinski definition) is 2. The Balaban J connectivity index is 1.78. The van der Waals surface area contributed by atoms with E-state index in [1.165, 1.54) is 0 Å². The molecule has 0 unspecified atom stereocenters. The van der Waals surface area contributed by atoms with Gasteiger partial charge in [-0.25, -0.2) is 0 Å². The molecule has 2 aromatic heterocycles. The van der Waals surface area contributed by atoms with E-state index in [0.717, 1.165) is 35.6 Å². The normalized spacial score (nSPS) is 15.8. The van der Waals surface area contributed by atoms with Gasteiger partial charge in [-0.3, -0.25) is 14.9 Å². The summed E-state index contributed by atoms with van der Waals surface area (Å²) in [4.78, 5) is 17.0. The van der Waals surface area contributed by atoms with Crippen LogP contribution in [-0.4, -0.2) is 21.1 Å². The maximum Gasteiger partial charge on any atom is 0.255 e. The Kier molecular flexibility index (Phi) is 3.49. The number of hydrogen-bond acceptors (Lipinski definition) is 3. The lowest BCUT2D eigenvalue weighted by molar-refractivity contribution is 0.0937. The molecule has 1 aliphatic carbocycles. The number of aryl methyl sites for hydroxylation is 2. The molecule has 1 atom stereocenters. The largest absolute Gasteiger partial charge is 0.344 e. The molecule has 21 heavy (non-hydrogen) atoms. The molecule has 5 heteroatoms. The molecule has 2 heterocycles. The molecule has 0 aliphatic heterocycles. The van der Waals surface area contributed by atoms with E-state index in [1.807, 2.05) is 39.0 Å². The molecule has 0 bridgehead atoms. The van der Waals surface area contributed by atoms with Crippen molar-refractivity contribution in [3.63, 3.8) is 0 Å². The predicted molar refractivity (Wildman–Crippen MR) is 80.2 cm³/mol. The van der Waals surface area contributed by atoms with Gasteiger partial charge in [0, 0.05) is 17.3 Å². The second-order valence-corrected chi connectivity index (χ2v) is 5.78. The van der Waals surface area contributed by atoms with Crippen LogP contribution in [0.2, 0.25) is 0 Å². The van der Waals surface area contributed by atoms with Crippen LogP contribution in [0.15, 0.2) is 18.2 Å². The molecule has 0 spiro atoms. The van der Waals surface area contributed by atoms with Crippen LogP contribution in [-0.2, 0) is 0 Å². The highest BCUT2D eigenvalue weighted by Gasteiger charge is 2.32. The monoisotopic (exact) mass is 284 g/mol. The van der Waals surface area contributed by atoms with Gasteiger partial charge in [-0.05, 0) is 45.7 Å². The van der Waals surface area contributed by atoms with E-state index in [9.17, 15) is 4.79 Å². The predicted octanol–water partition coefficient (Wildman–Crippen LogP) is 2.79. The highest BCUT2D eigenvalue weighted by atomic mass is 16.1. The minimum atomic E-state index is -0.126. The van der Waals surface area contributed by atoms with Crippen LogP contribution in [0.25, 0.3) is 0 Å². The minimum Gasteiger partial charge on any atom is -0.344 e. The zero-order chi connectivity index (χ0) is 15.0. The van der Waals surface area contributed by atoms with Gasteiger partial charge in [-0.2, -0.15) is 5.10 Å². The van der Waals surface area contributed by atoms with Crippen LogP contribution in [0.3, 0.4) is 0 Å². The maximum atomic E-state index is 12.5. The van der Waals surface area contributed by atoms with Crippen LogP contribution >= 0.6 is 0 Å². The van der Waals surface area contributed by atoms with Crippen molar-refractivity contribution in [3.8, 4) is 0 Å². The first-order valence-electron chi connectivity index (χ1n) is 7.35. The average molecular weight is 284 g/mol.